The van der Waals surface area contributed by atoms with E-state index in [9.17, 15) is 17.6 Å². The van der Waals surface area contributed by atoms with Gasteiger partial charge < -0.3 is 4.74 Å². The summed E-state index contributed by atoms with van der Waals surface area (Å²) in [5.74, 6) is -0.983. The van der Waals surface area contributed by atoms with Crippen LogP contribution in [0, 0.1) is 5.82 Å². The minimum absolute atomic E-state index is 0.102. The number of benzene rings is 2. The third-order valence-electron chi connectivity index (χ3n) is 3.84. The number of sulfonamides is 1. The summed E-state index contributed by atoms with van der Waals surface area (Å²) >= 11 is 5.90. The molecule has 0 radical (unpaired) electrons. The number of esters is 1. The first kappa shape index (κ1) is 17.7. The van der Waals surface area contributed by atoms with E-state index in [0.29, 0.717) is 24.2 Å². The molecular formula is C17H15ClFNO4S. The maximum absolute atomic E-state index is 13.0. The molecule has 0 spiro atoms. The van der Waals surface area contributed by atoms with Crippen molar-refractivity contribution in [1.82, 2.24) is 0 Å². The normalized spacial score (nSPS) is 16.0. The van der Waals surface area contributed by atoms with Gasteiger partial charge in [-0.25, -0.2) is 17.6 Å². The molecule has 0 N–H and O–H groups in total. The highest BCUT2D eigenvalue weighted by atomic mass is 35.5. The van der Waals surface area contributed by atoms with Crippen LogP contribution in [0.25, 0.3) is 0 Å². The van der Waals surface area contributed by atoms with Gasteiger partial charge in [0.05, 0.1) is 22.0 Å². The fraction of sp³-hybridized carbons (Fsp3) is 0.235. The molecule has 132 valence electrons. The van der Waals surface area contributed by atoms with E-state index in [0.717, 1.165) is 6.07 Å². The lowest BCUT2D eigenvalue weighted by Gasteiger charge is -2.17. The first-order valence-electron chi connectivity index (χ1n) is 7.58. The number of halogens is 2. The molecule has 1 aliphatic heterocycles. The van der Waals surface area contributed by atoms with Crippen molar-refractivity contribution >= 4 is 33.3 Å². The number of carbonyl (C=O) groups is 1. The van der Waals surface area contributed by atoms with Crippen LogP contribution in [0.2, 0.25) is 5.02 Å². The molecular weight excluding hydrogens is 369 g/mol. The van der Waals surface area contributed by atoms with Crippen molar-refractivity contribution in [1.29, 1.82) is 0 Å². The molecule has 1 saturated heterocycles. The highest BCUT2D eigenvalue weighted by Crippen LogP contribution is 2.25. The van der Waals surface area contributed by atoms with Crippen molar-refractivity contribution in [3.05, 3.63) is 64.4 Å². The van der Waals surface area contributed by atoms with E-state index in [2.05, 4.69) is 0 Å². The number of nitrogens with zero attached hydrogens (tertiary/aromatic N) is 1. The predicted octanol–water partition coefficient (Wildman–Crippen LogP) is 3.38. The lowest BCUT2D eigenvalue weighted by molar-refractivity contribution is 0.0473. The van der Waals surface area contributed by atoms with Crippen LogP contribution < -0.4 is 4.31 Å². The Kier molecular flexibility index (Phi) is 4.96. The number of hydrogen-bond acceptors (Lipinski definition) is 4. The van der Waals surface area contributed by atoms with Crippen LogP contribution in [0.3, 0.4) is 0 Å². The van der Waals surface area contributed by atoms with E-state index < -0.39 is 21.8 Å². The van der Waals surface area contributed by atoms with E-state index in [-0.39, 0.29) is 22.9 Å². The monoisotopic (exact) mass is 383 g/mol. The summed E-state index contributed by atoms with van der Waals surface area (Å²) in [6.45, 7) is 0.288. The maximum Gasteiger partial charge on any atom is 0.338 e. The van der Waals surface area contributed by atoms with Gasteiger partial charge in [0.2, 0.25) is 10.0 Å². The zero-order chi connectivity index (χ0) is 18.0. The lowest BCUT2D eigenvalue weighted by Crippen LogP contribution is -2.25. The Morgan fingerprint density at radius 3 is 2.72 bits per heavy atom. The van der Waals surface area contributed by atoms with Gasteiger partial charge in [-0.15, -0.1) is 0 Å². The largest absolute Gasteiger partial charge is 0.457 e. The molecule has 8 heteroatoms. The van der Waals surface area contributed by atoms with Crippen LogP contribution in [0.5, 0.6) is 0 Å². The van der Waals surface area contributed by atoms with Crippen LogP contribution in [-0.4, -0.2) is 26.7 Å². The summed E-state index contributed by atoms with van der Waals surface area (Å²) < 4.78 is 43.5. The third-order valence-corrected chi connectivity index (χ3v) is 6.06. The van der Waals surface area contributed by atoms with Crippen LogP contribution in [0.15, 0.2) is 42.5 Å². The van der Waals surface area contributed by atoms with Crippen LogP contribution in [-0.2, 0) is 21.4 Å². The van der Waals surface area contributed by atoms with E-state index in [4.69, 9.17) is 16.3 Å². The van der Waals surface area contributed by atoms with Gasteiger partial charge in [-0.05, 0) is 36.8 Å². The van der Waals surface area contributed by atoms with E-state index in [1.54, 1.807) is 18.2 Å². The second-order valence-corrected chi connectivity index (χ2v) is 8.02. The molecule has 0 aliphatic carbocycles. The first-order chi connectivity index (χ1) is 11.9. The van der Waals surface area contributed by atoms with Crippen molar-refractivity contribution in [3.8, 4) is 0 Å². The average Bonchev–Trinajstić information content (AvgIpc) is 2.93. The Morgan fingerprint density at radius 2 is 2.04 bits per heavy atom. The summed E-state index contributed by atoms with van der Waals surface area (Å²) in [4.78, 5) is 12.2. The zero-order valence-corrected chi connectivity index (χ0v) is 14.7. The quantitative estimate of drug-likeness (QED) is 0.759. The standard InChI is InChI=1S/C17H15ClFNO4S/c18-16-10-14(19)6-5-13(16)11-24-17(21)12-3-1-4-15(9-12)20-7-2-8-25(20,22)23/h1,3-6,9-10H,2,7-8,11H2. The molecule has 0 amide bonds. The molecule has 1 fully saturated rings. The molecule has 25 heavy (non-hydrogen) atoms. The second-order valence-electron chi connectivity index (χ2n) is 5.60. The Bertz CT molecular complexity index is 917. The third kappa shape index (κ3) is 3.93. The number of hydrogen-bond donors (Lipinski definition) is 0. The van der Waals surface area contributed by atoms with Crippen LogP contribution in [0.4, 0.5) is 10.1 Å². The molecule has 2 aromatic rings. The van der Waals surface area contributed by atoms with Gasteiger partial charge in [0, 0.05) is 12.1 Å². The number of ether oxygens (including phenoxy) is 1. The van der Waals surface area contributed by atoms with Gasteiger partial charge in [0.25, 0.3) is 0 Å². The molecule has 1 aliphatic rings. The fourth-order valence-electron chi connectivity index (χ4n) is 2.58. The Hall–Kier alpha value is -2.12. The summed E-state index contributed by atoms with van der Waals surface area (Å²) in [6.07, 6.45) is 0.556. The van der Waals surface area contributed by atoms with Gasteiger partial charge in [-0.2, -0.15) is 0 Å². The molecule has 2 aromatic carbocycles. The van der Waals surface area contributed by atoms with Crippen molar-refractivity contribution in [3.63, 3.8) is 0 Å². The fourth-order valence-corrected chi connectivity index (χ4v) is 4.36. The maximum atomic E-state index is 13.0. The Labute approximate surface area is 150 Å². The number of carbonyl (C=O) groups excluding carboxylic acids is 1. The minimum atomic E-state index is -3.32. The van der Waals surface area contributed by atoms with Crippen molar-refractivity contribution in [2.45, 2.75) is 13.0 Å². The van der Waals surface area contributed by atoms with Gasteiger partial charge in [-0.3, -0.25) is 4.31 Å². The van der Waals surface area contributed by atoms with E-state index >= 15 is 0 Å². The molecule has 0 bridgehead atoms. The van der Waals surface area contributed by atoms with E-state index in [1.165, 1.54) is 22.5 Å². The molecule has 5 nitrogen and oxygen atoms in total. The molecule has 0 unspecified atom stereocenters. The predicted molar refractivity (Wildman–Crippen MR) is 92.7 cm³/mol. The summed E-state index contributed by atoms with van der Waals surface area (Å²) in [7, 11) is -3.32. The second kappa shape index (κ2) is 7.01. The average molecular weight is 384 g/mol. The van der Waals surface area contributed by atoms with Crippen molar-refractivity contribution in [2.24, 2.45) is 0 Å². The summed E-state index contributed by atoms with van der Waals surface area (Å²) in [5.41, 5.74) is 1.15. The smallest absolute Gasteiger partial charge is 0.338 e. The highest BCUT2D eigenvalue weighted by Gasteiger charge is 2.28. The van der Waals surface area contributed by atoms with Gasteiger partial charge in [-0.1, -0.05) is 23.7 Å². The Balaban J connectivity index is 1.73. The SMILES string of the molecule is O=C(OCc1ccc(F)cc1Cl)c1cccc(N2CCCS2(=O)=O)c1. The molecule has 0 aromatic heterocycles. The first-order valence-corrected chi connectivity index (χ1v) is 9.57. The zero-order valence-electron chi connectivity index (χ0n) is 13.1. The summed E-state index contributed by atoms with van der Waals surface area (Å²) in [5, 5.41) is 0.171. The topological polar surface area (TPSA) is 63.7 Å². The minimum Gasteiger partial charge on any atom is -0.457 e. The molecule has 0 atom stereocenters. The van der Waals surface area contributed by atoms with Crippen LogP contribution in [0.1, 0.15) is 22.3 Å². The van der Waals surface area contributed by atoms with Gasteiger partial charge in [0.15, 0.2) is 0 Å². The van der Waals surface area contributed by atoms with Crippen molar-refractivity contribution < 1.29 is 22.3 Å². The highest BCUT2D eigenvalue weighted by molar-refractivity contribution is 7.93. The lowest BCUT2D eigenvalue weighted by atomic mass is 10.2. The molecule has 0 saturated carbocycles. The Morgan fingerprint density at radius 1 is 1.24 bits per heavy atom. The number of rotatable bonds is 4. The number of anilines is 1. The van der Waals surface area contributed by atoms with Gasteiger partial charge in [0.1, 0.15) is 12.4 Å². The summed E-state index contributed by atoms with van der Waals surface area (Å²) in [6, 6.07) is 10.1. The molecule has 3 rings (SSSR count). The van der Waals surface area contributed by atoms with Crippen molar-refractivity contribution in [2.75, 3.05) is 16.6 Å². The van der Waals surface area contributed by atoms with Crippen LogP contribution >= 0.6 is 11.6 Å². The van der Waals surface area contributed by atoms with E-state index in [1.807, 2.05) is 0 Å². The van der Waals surface area contributed by atoms with Gasteiger partial charge >= 0.3 is 5.97 Å². The molecule has 1 heterocycles.